The molecule has 3 N–H and O–H groups in total. The monoisotopic (exact) mass is 378 g/mol. The van der Waals surface area contributed by atoms with Gasteiger partial charge in [-0.1, -0.05) is 6.07 Å². The molecule has 0 spiro atoms. The predicted octanol–water partition coefficient (Wildman–Crippen LogP) is 2.53. The van der Waals surface area contributed by atoms with Crippen LogP contribution in [0.25, 0.3) is 5.69 Å². The Labute approximate surface area is 148 Å². The van der Waals surface area contributed by atoms with E-state index < -0.39 is 23.7 Å². The molecule has 1 aromatic carbocycles. The standard InChI is InChI=1S/C15H17F3N4O2.ClH/c1-9-6-13(20-14(23)12(19)8-24-2)22(21-9)11-5-3-4-10(7-11)15(16,17)18;/h3-7,12H,8,19H2,1-2H3,(H,20,23);1H. The Hall–Kier alpha value is -2.10. The van der Waals surface area contributed by atoms with Crippen LogP contribution >= 0.6 is 12.4 Å². The fourth-order valence-electron chi connectivity index (χ4n) is 2.07. The van der Waals surface area contributed by atoms with Gasteiger partial charge in [-0.3, -0.25) is 4.79 Å². The van der Waals surface area contributed by atoms with Gasteiger partial charge in [0.1, 0.15) is 11.9 Å². The predicted molar refractivity (Wildman–Crippen MR) is 89.0 cm³/mol. The Morgan fingerprint density at radius 2 is 2.08 bits per heavy atom. The molecule has 2 rings (SSSR count). The van der Waals surface area contributed by atoms with E-state index in [1.54, 1.807) is 6.92 Å². The minimum Gasteiger partial charge on any atom is -0.383 e. The summed E-state index contributed by atoms with van der Waals surface area (Å²) in [4.78, 5) is 12.0. The Kier molecular flexibility index (Phi) is 6.97. The third-order valence-electron chi connectivity index (χ3n) is 3.18. The first kappa shape index (κ1) is 20.9. The van der Waals surface area contributed by atoms with Crippen molar-refractivity contribution < 1.29 is 22.7 Å². The highest BCUT2D eigenvalue weighted by Gasteiger charge is 2.30. The number of amides is 1. The molecule has 0 saturated carbocycles. The highest BCUT2D eigenvalue weighted by molar-refractivity contribution is 5.94. The number of rotatable bonds is 5. The Morgan fingerprint density at radius 1 is 1.40 bits per heavy atom. The summed E-state index contributed by atoms with van der Waals surface area (Å²) in [6, 6.07) is 5.30. The van der Waals surface area contributed by atoms with E-state index in [1.807, 2.05) is 0 Å². The summed E-state index contributed by atoms with van der Waals surface area (Å²) in [5.41, 5.74) is 5.54. The number of aromatic nitrogens is 2. The number of nitrogens with zero attached hydrogens (tertiary/aromatic N) is 2. The third kappa shape index (κ3) is 5.18. The Bertz CT molecular complexity index is 734. The SMILES string of the molecule is COCC(N)C(=O)Nc1cc(C)nn1-c1cccc(C(F)(F)F)c1.Cl. The number of ether oxygens (including phenoxy) is 1. The summed E-state index contributed by atoms with van der Waals surface area (Å²) < 4.78 is 44.6. The van der Waals surface area contributed by atoms with E-state index in [0.29, 0.717) is 5.69 Å². The second kappa shape index (κ2) is 8.32. The molecule has 0 aliphatic heterocycles. The molecule has 0 saturated heterocycles. The fourth-order valence-corrected chi connectivity index (χ4v) is 2.07. The average Bonchev–Trinajstić information content (AvgIpc) is 2.87. The fraction of sp³-hybridized carbons (Fsp3) is 0.333. The van der Waals surface area contributed by atoms with Gasteiger partial charge in [0.2, 0.25) is 5.91 Å². The number of nitrogens with two attached hydrogens (primary N) is 1. The van der Waals surface area contributed by atoms with Gasteiger partial charge in [0.05, 0.1) is 23.6 Å². The number of alkyl halides is 3. The molecular weight excluding hydrogens is 361 g/mol. The molecule has 10 heteroatoms. The molecule has 0 aliphatic rings. The lowest BCUT2D eigenvalue weighted by Gasteiger charge is -2.14. The van der Waals surface area contributed by atoms with E-state index >= 15 is 0 Å². The number of benzene rings is 1. The van der Waals surface area contributed by atoms with Crippen molar-refractivity contribution >= 4 is 24.1 Å². The number of aryl methyl sites for hydroxylation is 1. The highest BCUT2D eigenvalue weighted by atomic mass is 35.5. The van der Waals surface area contributed by atoms with Crippen molar-refractivity contribution in [3.8, 4) is 5.69 Å². The van der Waals surface area contributed by atoms with Crippen molar-refractivity contribution in [3.05, 3.63) is 41.6 Å². The summed E-state index contributed by atoms with van der Waals surface area (Å²) in [7, 11) is 1.41. The lowest BCUT2D eigenvalue weighted by molar-refractivity contribution is -0.137. The van der Waals surface area contributed by atoms with Gasteiger partial charge >= 0.3 is 6.18 Å². The maximum absolute atomic E-state index is 12.9. The van der Waals surface area contributed by atoms with Crippen LogP contribution in [0.5, 0.6) is 0 Å². The molecule has 1 atom stereocenters. The molecule has 6 nitrogen and oxygen atoms in total. The molecule has 1 heterocycles. The Morgan fingerprint density at radius 3 is 2.68 bits per heavy atom. The second-order valence-corrected chi connectivity index (χ2v) is 5.18. The van der Waals surface area contributed by atoms with Crippen LogP contribution in [0.2, 0.25) is 0 Å². The van der Waals surface area contributed by atoms with Crippen LogP contribution < -0.4 is 11.1 Å². The average molecular weight is 379 g/mol. The van der Waals surface area contributed by atoms with E-state index in [2.05, 4.69) is 10.4 Å². The number of hydrogen-bond donors (Lipinski definition) is 2. The van der Waals surface area contributed by atoms with Crippen molar-refractivity contribution in [1.29, 1.82) is 0 Å². The zero-order chi connectivity index (χ0) is 17.9. The minimum absolute atomic E-state index is 0. The van der Waals surface area contributed by atoms with Crippen molar-refractivity contribution in [2.45, 2.75) is 19.1 Å². The van der Waals surface area contributed by atoms with Crippen LogP contribution in [0.4, 0.5) is 19.0 Å². The number of methoxy groups -OCH3 is 1. The first-order valence-corrected chi connectivity index (χ1v) is 7.02. The van der Waals surface area contributed by atoms with Gasteiger partial charge in [-0.05, 0) is 25.1 Å². The normalized spacial score (nSPS) is 12.4. The summed E-state index contributed by atoms with van der Waals surface area (Å²) in [6.45, 7) is 1.68. The summed E-state index contributed by atoms with van der Waals surface area (Å²) in [6.07, 6.45) is -4.47. The molecule has 0 fully saturated rings. The number of carbonyl (C=O) groups excluding carboxylic acids is 1. The Balaban J connectivity index is 0.00000312. The van der Waals surface area contributed by atoms with E-state index in [-0.39, 0.29) is 30.5 Å². The number of carbonyl (C=O) groups is 1. The van der Waals surface area contributed by atoms with Gasteiger partial charge in [0.25, 0.3) is 0 Å². The number of hydrogen-bond acceptors (Lipinski definition) is 4. The third-order valence-corrected chi connectivity index (χ3v) is 3.18. The van der Waals surface area contributed by atoms with Gasteiger partial charge in [-0.2, -0.15) is 18.3 Å². The largest absolute Gasteiger partial charge is 0.416 e. The maximum Gasteiger partial charge on any atom is 0.416 e. The molecule has 0 aliphatic carbocycles. The summed E-state index contributed by atoms with van der Waals surface area (Å²) >= 11 is 0. The van der Waals surface area contributed by atoms with Gasteiger partial charge in [-0.15, -0.1) is 12.4 Å². The van der Waals surface area contributed by atoms with E-state index in [1.165, 1.54) is 30.0 Å². The molecule has 2 aromatic rings. The number of anilines is 1. The van der Waals surface area contributed by atoms with Crippen LogP contribution in [0.1, 0.15) is 11.3 Å². The molecule has 138 valence electrons. The van der Waals surface area contributed by atoms with E-state index in [9.17, 15) is 18.0 Å². The first-order valence-electron chi connectivity index (χ1n) is 7.02. The van der Waals surface area contributed by atoms with Crippen molar-refractivity contribution in [1.82, 2.24) is 9.78 Å². The maximum atomic E-state index is 12.9. The van der Waals surface area contributed by atoms with Crippen molar-refractivity contribution in [2.75, 3.05) is 19.0 Å². The van der Waals surface area contributed by atoms with Crippen LogP contribution in [0.15, 0.2) is 30.3 Å². The smallest absolute Gasteiger partial charge is 0.383 e. The van der Waals surface area contributed by atoms with E-state index in [0.717, 1.165) is 12.1 Å². The number of nitrogens with one attached hydrogen (secondary N) is 1. The van der Waals surface area contributed by atoms with Gasteiger partial charge in [0, 0.05) is 13.2 Å². The zero-order valence-electron chi connectivity index (χ0n) is 13.5. The van der Waals surface area contributed by atoms with Crippen molar-refractivity contribution in [2.24, 2.45) is 5.73 Å². The van der Waals surface area contributed by atoms with Crippen LogP contribution in [0.3, 0.4) is 0 Å². The van der Waals surface area contributed by atoms with Crippen LogP contribution in [-0.2, 0) is 15.7 Å². The summed E-state index contributed by atoms with van der Waals surface area (Å²) in [5, 5.41) is 6.67. The quantitative estimate of drug-likeness (QED) is 0.837. The first-order chi connectivity index (χ1) is 11.2. The van der Waals surface area contributed by atoms with Gasteiger partial charge in [-0.25, -0.2) is 4.68 Å². The minimum atomic E-state index is -4.47. The summed E-state index contributed by atoms with van der Waals surface area (Å²) in [5.74, 6) is -0.298. The van der Waals surface area contributed by atoms with Crippen LogP contribution in [-0.4, -0.2) is 35.4 Å². The molecule has 1 aromatic heterocycles. The van der Waals surface area contributed by atoms with E-state index in [4.69, 9.17) is 10.5 Å². The van der Waals surface area contributed by atoms with Crippen molar-refractivity contribution in [3.63, 3.8) is 0 Å². The second-order valence-electron chi connectivity index (χ2n) is 5.18. The highest BCUT2D eigenvalue weighted by Crippen LogP contribution is 2.31. The molecule has 1 amide bonds. The molecular formula is C15H18ClF3N4O2. The van der Waals surface area contributed by atoms with Crippen LogP contribution in [0, 0.1) is 6.92 Å². The lowest BCUT2D eigenvalue weighted by atomic mass is 10.2. The van der Waals surface area contributed by atoms with Gasteiger partial charge < -0.3 is 15.8 Å². The van der Waals surface area contributed by atoms with Gasteiger partial charge in [0.15, 0.2) is 0 Å². The molecule has 25 heavy (non-hydrogen) atoms. The topological polar surface area (TPSA) is 82.2 Å². The lowest BCUT2D eigenvalue weighted by Crippen LogP contribution is -2.39. The molecule has 1 unspecified atom stereocenters. The zero-order valence-corrected chi connectivity index (χ0v) is 14.3. The molecule has 0 bridgehead atoms. The number of halogens is 4. The molecule has 0 radical (unpaired) electrons.